The summed E-state index contributed by atoms with van der Waals surface area (Å²) < 4.78 is 40.9. The van der Waals surface area contributed by atoms with Crippen molar-refractivity contribution in [1.29, 1.82) is 0 Å². The molecular weight excluding hydrogens is 281 g/mol. The summed E-state index contributed by atoms with van der Waals surface area (Å²) in [5.74, 6) is 0.793. The number of nitrogens with zero attached hydrogens (tertiary/aromatic N) is 3. The molecule has 114 valence electrons. The minimum absolute atomic E-state index is 0.109. The first-order chi connectivity index (χ1) is 9.77. The van der Waals surface area contributed by atoms with Crippen molar-refractivity contribution in [3.8, 4) is 0 Å². The zero-order chi connectivity index (χ0) is 15.6. The van der Waals surface area contributed by atoms with Crippen LogP contribution in [0.1, 0.15) is 17.0 Å². The molecule has 0 aliphatic heterocycles. The lowest BCUT2D eigenvalue weighted by Gasteiger charge is -2.20. The fourth-order valence-corrected chi connectivity index (χ4v) is 2.13. The van der Waals surface area contributed by atoms with Crippen LogP contribution in [0.4, 0.5) is 18.9 Å². The van der Waals surface area contributed by atoms with Gasteiger partial charge >= 0.3 is 6.18 Å². The Kier molecular flexibility index (Phi) is 4.22. The normalized spacial score (nSPS) is 12.1. The maximum absolute atomic E-state index is 13.0. The van der Waals surface area contributed by atoms with Gasteiger partial charge in [0.1, 0.15) is 5.82 Å². The third-order valence-electron chi connectivity index (χ3n) is 3.21. The van der Waals surface area contributed by atoms with Crippen LogP contribution in [0.25, 0.3) is 0 Å². The molecule has 2 aromatic rings. The SMILES string of the molecule is CN(Cc1ccc(N)cc1C(F)(F)F)Cc1nccn1C. The molecule has 21 heavy (non-hydrogen) atoms. The van der Waals surface area contributed by atoms with Crippen LogP contribution in [-0.2, 0) is 26.3 Å². The summed E-state index contributed by atoms with van der Waals surface area (Å²) in [5.41, 5.74) is 5.08. The van der Waals surface area contributed by atoms with Crippen LogP contribution >= 0.6 is 0 Å². The highest BCUT2D eigenvalue weighted by Crippen LogP contribution is 2.33. The molecule has 0 radical (unpaired) electrons. The Morgan fingerprint density at radius 3 is 2.57 bits per heavy atom. The van der Waals surface area contributed by atoms with Crippen LogP contribution in [0.3, 0.4) is 0 Å². The van der Waals surface area contributed by atoms with E-state index in [2.05, 4.69) is 4.98 Å². The van der Waals surface area contributed by atoms with Gasteiger partial charge in [-0.1, -0.05) is 6.07 Å². The molecular formula is C14H17F3N4. The molecule has 0 unspecified atom stereocenters. The molecule has 0 atom stereocenters. The van der Waals surface area contributed by atoms with Crippen molar-refractivity contribution in [3.05, 3.63) is 47.5 Å². The summed E-state index contributed by atoms with van der Waals surface area (Å²) in [7, 11) is 3.60. The number of aromatic nitrogens is 2. The molecule has 0 fully saturated rings. The largest absolute Gasteiger partial charge is 0.416 e. The lowest BCUT2D eigenvalue weighted by molar-refractivity contribution is -0.138. The minimum Gasteiger partial charge on any atom is -0.399 e. The number of alkyl halides is 3. The molecule has 7 heteroatoms. The molecule has 0 aliphatic rings. The first-order valence-electron chi connectivity index (χ1n) is 6.37. The van der Waals surface area contributed by atoms with Crippen LogP contribution in [0.5, 0.6) is 0 Å². The monoisotopic (exact) mass is 298 g/mol. The highest BCUT2D eigenvalue weighted by molar-refractivity contribution is 5.46. The number of rotatable bonds is 4. The number of anilines is 1. The van der Waals surface area contributed by atoms with Crippen LogP contribution in [0.15, 0.2) is 30.6 Å². The van der Waals surface area contributed by atoms with Crippen molar-refractivity contribution < 1.29 is 13.2 Å². The topological polar surface area (TPSA) is 47.1 Å². The highest BCUT2D eigenvalue weighted by Gasteiger charge is 2.33. The van der Waals surface area contributed by atoms with E-state index in [1.807, 2.05) is 11.6 Å². The summed E-state index contributed by atoms with van der Waals surface area (Å²) in [6.07, 6.45) is -0.949. The summed E-state index contributed by atoms with van der Waals surface area (Å²) in [6, 6.07) is 3.89. The molecule has 0 spiro atoms. The van der Waals surface area contributed by atoms with E-state index in [1.54, 1.807) is 24.3 Å². The van der Waals surface area contributed by atoms with E-state index in [-0.39, 0.29) is 17.8 Å². The van der Waals surface area contributed by atoms with Crippen molar-refractivity contribution in [2.24, 2.45) is 7.05 Å². The Morgan fingerprint density at radius 1 is 1.29 bits per heavy atom. The Labute approximate surface area is 121 Å². The summed E-state index contributed by atoms with van der Waals surface area (Å²) in [4.78, 5) is 5.94. The Hall–Kier alpha value is -2.02. The second-order valence-electron chi connectivity index (χ2n) is 5.04. The lowest BCUT2D eigenvalue weighted by Crippen LogP contribution is -2.22. The van der Waals surface area contributed by atoms with Gasteiger partial charge in [-0.25, -0.2) is 4.98 Å². The van der Waals surface area contributed by atoms with Crippen molar-refractivity contribution >= 4 is 5.69 Å². The van der Waals surface area contributed by atoms with Gasteiger partial charge in [-0.3, -0.25) is 4.90 Å². The van der Waals surface area contributed by atoms with Crippen LogP contribution in [-0.4, -0.2) is 21.5 Å². The second-order valence-corrected chi connectivity index (χ2v) is 5.04. The maximum atomic E-state index is 13.0. The molecule has 1 aromatic heterocycles. The number of halogens is 3. The molecule has 4 nitrogen and oxygen atoms in total. The van der Waals surface area contributed by atoms with E-state index >= 15 is 0 Å². The van der Waals surface area contributed by atoms with Gasteiger partial charge < -0.3 is 10.3 Å². The molecule has 2 rings (SSSR count). The predicted octanol–water partition coefficient (Wildman–Crippen LogP) is 2.65. The van der Waals surface area contributed by atoms with E-state index in [4.69, 9.17) is 5.73 Å². The number of nitrogens with two attached hydrogens (primary N) is 1. The second kappa shape index (κ2) is 5.77. The number of aryl methyl sites for hydroxylation is 1. The van der Waals surface area contributed by atoms with E-state index in [0.29, 0.717) is 6.54 Å². The number of hydrogen-bond acceptors (Lipinski definition) is 3. The minimum atomic E-state index is -4.41. The predicted molar refractivity (Wildman–Crippen MR) is 74.2 cm³/mol. The Bertz CT molecular complexity index is 619. The summed E-state index contributed by atoms with van der Waals surface area (Å²) >= 11 is 0. The Morgan fingerprint density at radius 2 is 2.00 bits per heavy atom. The van der Waals surface area contributed by atoms with Gasteiger partial charge in [-0.05, 0) is 24.7 Å². The van der Waals surface area contributed by atoms with Crippen LogP contribution in [0.2, 0.25) is 0 Å². The van der Waals surface area contributed by atoms with Gasteiger partial charge in [0.25, 0.3) is 0 Å². The number of hydrogen-bond donors (Lipinski definition) is 1. The summed E-state index contributed by atoms with van der Waals surface area (Å²) in [5, 5.41) is 0. The molecule has 1 heterocycles. The number of imidazole rings is 1. The van der Waals surface area contributed by atoms with Crippen LogP contribution < -0.4 is 5.73 Å². The zero-order valence-corrected chi connectivity index (χ0v) is 11.9. The maximum Gasteiger partial charge on any atom is 0.416 e. The zero-order valence-electron chi connectivity index (χ0n) is 11.9. The van der Waals surface area contributed by atoms with Gasteiger partial charge in [-0.2, -0.15) is 13.2 Å². The lowest BCUT2D eigenvalue weighted by atomic mass is 10.1. The summed E-state index contributed by atoms with van der Waals surface area (Å²) in [6.45, 7) is 0.632. The smallest absolute Gasteiger partial charge is 0.399 e. The van der Waals surface area contributed by atoms with E-state index in [9.17, 15) is 13.2 Å². The van der Waals surface area contributed by atoms with Crippen molar-refractivity contribution in [1.82, 2.24) is 14.5 Å². The molecule has 0 saturated heterocycles. The quantitative estimate of drug-likeness (QED) is 0.883. The van der Waals surface area contributed by atoms with Gasteiger partial charge in [0, 0.05) is 31.7 Å². The highest BCUT2D eigenvalue weighted by atomic mass is 19.4. The van der Waals surface area contributed by atoms with Gasteiger partial charge in [-0.15, -0.1) is 0 Å². The van der Waals surface area contributed by atoms with E-state index in [0.717, 1.165) is 11.9 Å². The van der Waals surface area contributed by atoms with Crippen LogP contribution in [0, 0.1) is 0 Å². The third kappa shape index (κ3) is 3.75. The molecule has 0 saturated carbocycles. The average molecular weight is 298 g/mol. The average Bonchev–Trinajstić information content (AvgIpc) is 2.76. The van der Waals surface area contributed by atoms with Gasteiger partial charge in [0.2, 0.25) is 0 Å². The first-order valence-corrected chi connectivity index (χ1v) is 6.37. The van der Waals surface area contributed by atoms with Gasteiger partial charge in [0.15, 0.2) is 0 Å². The van der Waals surface area contributed by atoms with Crippen molar-refractivity contribution in [3.63, 3.8) is 0 Å². The standard InChI is InChI=1S/C14H17F3N4/c1-20(9-13-19-5-6-21(13)2)8-10-3-4-11(18)7-12(10)14(15,16)17/h3-7H,8-9,18H2,1-2H3. The first kappa shape index (κ1) is 15.4. The molecule has 0 aliphatic carbocycles. The molecule has 2 N–H and O–H groups in total. The number of benzene rings is 1. The van der Waals surface area contributed by atoms with Gasteiger partial charge in [0.05, 0.1) is 12.1 Å². The van der Waals surface area contributed by atoms with Crippen molar-refractivity contribution in [2.75, 3.05) is 12.8 Å². The van der Waals surface area contributed by atoms with E-state index in [1.165, 1.54) is 12.1 Å². The molecule has 1 aromatic carbocycles. The van der Waals surface area contributed by atoms with E-state index < -0.39 is 11.7 Å². The molecule has 0 bridgehead atoms. The fourth-order valence-electron chi connectivity index (χ4n) is 2.13. The third-order valence-corrected chi connectivity index (χ3v) is 3.21. The Balaban J connectivity index is 2.17. The molecule has 0 amide bonds. The number of nitrogen functional groups attached to an aromatic ring is 1. The van der Waals surface area contributed by atoms with Crippen molar-refractivity contribution in [2.45, 2.75) is 19.3 Å². The fraction of sp³-hybridized carbons (Fsp3) is 0.357.